The van der Waals surface area contributed by atoms with E-state index in [4.69, 9.17) is 4.74 Å². The van der Waals surface area contributed by atoms with Crippen LogP contribution in [0.1, 0.15) is 18.4 Å². The number of hydrogen-bond donors (Lipinski definition) is 1. The van der Waals surface area contributed by atoms with Gasteiger partial charge in [-0.25, -0.2) is 13.1 Å². The topological polar surface area (TPSA) is 55.4 Å². The lowest BCUT2D eigenvalue weighted by molar-refractivity contribution is 0.217. The molecule has 0 aromatic heterocycles. The Bertz CT molecular complexity index is 541. The predicted molar refractivity (Wildman–Crippen MR) is 78.7 cm³/mol. The smallest absolute Gasteiger partial charge is 0.213 e. The molecule has 0 amide bonds. The number of nitrogens with one attached hydrogen (secondary N) is 1. The van der Waals surface area contributed by atoms with Crippen LogP contribution in [0.5, 0.6) is 0 Å². The van der Waals surface area contributed by atoms with Gasteiger partial charge >= 0.3 is 0 Å². The van der Waals surface area contributed by atoms with E-state index in [2.05, 4.69) is 32.8 Å². The summed E-state index contributed by atoms with van der Waals surface area (Å²) in [5.74, 6) is 0.0120. The van der Waals surface area contributed by atoms with Crippen LogP contribution < -0.4 is 4.72 Å². The first-order valence-corrected chi connectivity index (χ1v) is 8.64. The van der Waals surface area contributed by atoms with Crippen molar-refractivity contribution in [1.82, 2.24) is 4.72 Å². The Morgan fingerprint density at radius 2 is 2.16 bits per heavy atom. The van der Waals surface area contributed by atoms with Gasteiger partial charge in [0.25, 0.3) is 0 Å². The van der Waals surface area contributed by atoms with Crippen LogP contribution in [-0.4, -0.2) is 34.4 Å². The van der Waals surface area contributed by atoms with Crippen molar-refractivity contribution in [2.75, 3.05) is 26.0 Å². The second-order valence-corrected chi connectivity index (χ2v) is 7.77. The van der Waals surface area contributed by atoms with E-state index in [9.17, 15) is 8.42 Å². The molecule has 4 nitrogen and oxygen atoms in total. The molecular formula is C13H18BrNO3S. The van der Waals surface area contributed by atoms with Gasteiger partial charge in [-0.2, -0.15) is 0 Å². The van der Waals surface area contributed by atoms with Crippen LogP contribution in [0.4, 0.5) is 0 Å². The molecule has 6 heteroatoms. The Morgan fingerprint density at radius 1 is 1.42 bits per heavy atom. The van der Waals surface area contributed by atoms with Crippen molar-refractivity contribution in [3.63, 3.8) is 0 Å². The first-order chi connectivity index (χ1) is 8.97. The van der Waals surface area contributed by atoms with Crippen molar-refractivity contribution >= 4 is 26.0 Å². The number of ether oxygens (including phenoxy) is 1. The van der Waals surface area contributed by atoms with E-state index in [1.165, 1.54) is 12.7 Å². The Hall–Kier alpha value is -0.430. The average Bonchev–Trinajstić information content (AvgIpc) is 3.16. The zero-order chi connectivity index (χ0) is 13.9. The Morgan fingerprint density at radius 3 is 2.74 bits per heavy atom. The summed E-state index contributed by atoms with van der Waals surface area (Å²) in [4.78, 5) is 0. The normalized spacial score (nSPS) is 17.4. The van der Waals surface area contributed by atoms with Gasteiger partial charge in [0.05, 0.1) is 12.4 Å². The first kappa shape index (κ1) is 15.0. The second-order valence-electron chi connectivity index (χ2n) is 4.92. The predicted octanol–water partition coefficient (Wildman–Crippen LogP) is 2.05. The Kier molecular flexibility index (Phi) is 4.66. The van der Waals surface area contributed by atoms with E-state index in [-0.39, 0.29) is 17.8 Å². The number of methoxy groups -OCH3 is 1. The minimum Gasteiger partial charge on any atom is -0.384 e. The molecule has 1 N–H and O–H groups in total. The number of sulfonamides is 1. The average molecular weight is 348 g/mol. The van der Waals surface area contributed by atoms with Gasteiger partial charge in [0, 0.05) is 23.5 Å². The third-order valence-electron chi connectivity index (χ3n) is 3.48. The molecule has 1 aromatic carbocycles. The highest BCUT2D eigenvalue weighted by atomic mass is 79.9. The molecule has 0 spiro atoms. The summed E-state index contributed by atoms with van der Waals surface area (Å²) in [5.41, 5.74) is 1.17. The van der Waals surface area contributed by atoms with Crippen molar-refractivity contribution < 1.29 is 13.2 Å². The molecule has 0 atom stereocenters. The van der Waals surface area contributed by atoms with E-state index in [1.54, 1.807) is 0 Å². The molecule has 0 radical (unpaired) electrons. The summed E-state index contributed by atoms with van der Waals surface area (Å²) in [6.07, 6.45) is 2.05. The fourth-order valence-corrected chi connectivity index (χ4v) is 3.48. The summed E-state index contributed by atoms with van der Waals surface area (Å²) in [7, 11) is -1.74. The third-order valence-corrected chi connectivity index (χ3v) is 5.26. The lowest BCUT2D eigenvalue weighted by Gasteiger charge is -2.17. The lowest BCUT2D eigenvalue weighted by atomic mass is 9.96. The summed E-state index contributed by atoms with van der Waals surface area (Å²) in [6.45, 7) is 0.689. The van der Waals surface area contributed by atoms with Crippen molar-refractivity contribution in [3.05, 3.63) is 34.3 Å². The summed E-state index contributed by atoms with van der Waals surface area (Å²) < 4.78 is 32.0. The van der Waals surface area contributed by atoms with E-state index < -0.39 is 10.0 Å². The minimum absolute atomic E-state index is 0.0120. The van der Waals surface area contributed by atoms with Crippen LogP contribution in [0.15, 0.2) is 28.7 Å². The molecule has 0 heterocycles. The molecule has 1 saturated carbocycles. The van der Waals surface area contributed by atoms with Gasteiger partial charge in [0.1, 0.15) is 0 Å². The third kappa shape index (κ3) is 4.02. The molecule has 0 unspecified atom stereocenters. The largest absolute Gasteiger partial charge is 0.384 e. The molecule has 0 saturated heterocycles. The second kappa shape index (κ2) is 5.91. The molecule has 2 rings (SSSR count). The van der Waals surface area contributed by atoms with Gasteiger partial charge < -0.3 is 4.74 Å². The van der Waals surface area contributed by atoms with Crippen LogP contribution in [0.25, 0.3) is 0 Å². The monoisotopic (exact) mass is 347 g/mol. The highest BCUT2D eigenvalue weighted by Crippen LogP contribution is 2.48. The van der Waals surface area contributed by atoms with Crippen LogP contribution in [-0.2, 0) is 20.2 Å². The van der Waals surface area contributed by atoms with Gasteiger partial charge in [-0.15, -0.1) is 0 Å². The fourth-order valence-electron chi connectivity index (χ4n) is 2.05. The van der Waals surface area contributed by atoms with Crippen molar-refractivity contribution in [2.24, 2.45) is 0 Å². The maximum Gasteiger partial charge on any atom is 0.213 e. The van der Waals surface area contributed by atoms with E-state index >= 15 is 0 Å². The molecule has 1 aliphatic carbocycles. The van der Waals surface area contributed by atoms with Crippen molar-refractivity contribution in [1.29, 1.82) is 0 Å². The minimum atomic E-state index is -3.24. The molecule has 1 fully saturated rings. The highest BCUT2D eigenvalue weighted by molar-refractivity contribution is 9.10. The standard InChI is InChI=1S/C13H18BrNO3S/c1-18-7-8-19(16,17)15-10-13(5-6-13)11-3-2-4-12(14)9-11/h2-4,9,15H,5-8,10H2,1H3. The molecular weight excluding hydrogens is 330 g/mol. The number of rotatable bonds is 7. The molecule has 1 aromatic rings. The van der Waals surface area contributed by atoms with Crippen LogP contribution in [0.2, 0.25) is 0 Å². The number of benzene rings is 1. The van der Waals surface area contributed by atoms with Crippen LogP contribution >= 0.6 is 15.9 Å². The summed E-state index contributed by atoms with van der Waals surface area (Å²) in [5, 5.41) is 0. The van der Waals surface area contributed by atoms with E-state index in [0.717, 1.165) is 17.3 Å². The fraction of sp³-hybridized carbons (Fsp3) is 0.538. The molecule has 19 heavy (non-hydrogen) atoms. The van der Waals surface area contributed by atoms with Gasteiger partial charge in [-0.1, -0.05) is 28.1 Å². The van der Waals surface area contributed by atoms with Gasteiger partial charge in [0.2, 0.25) is 10.0 Å². The number of hydrogen-bond acceptors (Lipinski definition) is 3. The van der Waals surface area contributed by atoms with Crippen LogP contribution in [0, 0.1) is 0 Å². The molecule has 0 bridgehead atoms. The zero-order valence-corrected chi connectivity index (χ0v) is 13.3. The molecule has 1 aliphatic rings. The summed E-state index contributed by atoms with van der Waals surface area (Å²) in [6, 6.07) is 8.08. The zero-order valence-electron chi connectivity index (χ0n) is 10.9. The SMILES string of the molecule is COCCS(=O)(=O)NCC1(c2cccc(Br)c2)CC1. The Labute approximate surface area is 122 Å². The lowest BCUT2D eigenvalue weighted by Crippen LogP contribution is -2.34. The molecule has 0 aliphatic heterocycles. The maximum absolute atomic E-state index is 11.8. The van der Waals surface area contributed by atoms with E-state index in [1.807, 2.05) is 12.1 Å². The number of halogens is 1. The van der Waals surface area contributed by atoms with Crippen molar-refractivity contribution in [2.45, 2.75) is 18.3 Å². The summed E-state index contributed by atoms with van der Waals surface area (Å²) >= 11 is 3.45. The van der Waals surface area contributed by atoms with Gasteiger partial charge in [-0.05, 0) is 30.5 Å². The van der Waals surface area contributed by atoms with E-state index in [0.29, 0.717) is 6.54 Å². The maximum atomic E-state index is 11.8. The highest BCUT2D eigenvalue weighted by Gasteiger charge is 2.44. The quantitative estimate of drug-likeness (QED) is 0.821. The molecule has 106 valence electrons. The van der Waals surface area contributed by atoms with Crippen LogP contribution in [0.3, 0.4) is 0 Å². The van der Waals surface area contributed by atoms with Gasteiger partial charge in [-0.3, -0.25) is 0 Å². The first-order valence-electron chi connectivity index (χ1n) is 6.20. The Balaban J connectivity index is 1.99. The van der Waals surface area contributed by atoms with Gasteiger partial charge in [0.15, 0.2) is 0 Å². The van der Waals surface area contributed by atoms with Crippen molar-refractivity contribution in [3.8, 4) is 0 Å².